The molecule has 0 saturated heterocycles. The molecule has 0 atom stereocenters. The van der Waals surface area contributed by atoms with Crippen LogP contribution in [-0.2, 0) is 11.3 Å². The lowest BCUT2D eigenvalue weighted by Crippen LogP contribution is -2.22. The van der Waals surface area contributed by atoms with E-state index in [2.05, 4.69) is 15.6 Å². The monoisotopic (exact) mass is 428 g/mol. The van der Waals surface area contributed by atoms with Gasteiger partial charge in [0.15, 0.2) is 0 Å². The van der Waals surface area contributed by atoms with Crippen molar-refractivity contribution in [3.63, 3.8) is 0 Å². The number of hydrogen-bond acceptors (Lipinski definition) is 5. The molecule has 3 N–H and O–H groups in total. The number of allylic oxidation sites excluding steroid dienone is 1. The fourth-order valence-electron chi connectivity index (χ4n) is 3.44. The Morgan fingerprint density at radius 2 is 1.97 bits per heavy atom. The van der Waals surface area contributed by atoms with Crippen LogP contribution in [-0.4, -0.2) is 40.3 Å². The van der Waals surface area contributed by atoms with Gasteiger partial charge >= 0.3 is 0 Å². The molecule has 1 aliphatic heterocycles. The minimum absolute atomic E-state index is 0. The van der Waals surface area contributed by atoms with Gasteiger partial charge in [0.25, 0.3) is 5.91 Å². The Morgan fingerprint density at radius 1 is 1.20 bits per heavy atom. The average molecular weight is 429 g/mol. The highest BCUT2D eigenvalue weighted by Gasteiger charge is 2.28. The van der Waals surface area contributed by atoms with Gasteiger partial charge in [-0.15, -0.1) is 12.4 Å². The van der Waals surface area contributed by atoms with Gasteiger partial charge in [-0.05, 0) is 42.9 Å². The number of benzene rings is 2. The fraction of sp³-hybridized carbons (Fsp3) is 0.273. The number of imidazole rings is 1. The molecule has 3 aromatic rings. The van der Waals surface area contributed by atoms with Crippen LogP contribution in [0, 0.1) is 0 Å². The first-order chi connectivity index (χ1) is 14.2. The molecule has 1 aromatic heterocycles. The lowest BCUT2D eigenvalue weighted by molar-refractivity contribution is -0.111. The summed E-state index contributed by atoms with van der Waals surface area (Å²) in [4.78, 5) is 17.5. The summed E-state index contributed by atoms with van der Waals surface area (Å²) in [5, 5.41) is 16.5. The first-order valence-corrected chi connectivity index (χ1v) is 9.80. The van der Waals surface area contributed by atoms with E-state index in [0.717, 1.165) is 29.9 Å². The van der Waals surface area contributed by atoms with Gasteiger partial charge in [0.05, 0.1) is 11.0 Å². The smallest absolute Gasteiger partial charge is 0.262 e. The van der Waals surface area contributed by atoms with Gasteiger partial charge in [-0.2, -0.15) is 0 Å². The van der Waals surface area contributed by atoms with Crippen LogP contribution in [0.5, 0.6) is 5.75 Å². The van der Waals surface area contributed by atoms with Crippen molar-refractivity contribution < 1.29 is 14.6 Å². The molecule has 30 heavy (non-hydrogen) atoms. The molecular formula is C22H25ClN4O3. The van der Waals surface area contributed by atoms with E-state index < -0.39 is 0 Å². The molecule has 0 spiro atoms. The van der Waals surface area contributed by atoms with Crippen LogP contribution in [0.1, 0.15) is 19.2 Å². The van der Waals surface area contributed by atoms with E-state index in [9.17, 15) is 9.90 Å². The molecule has 0 fully saturated rings. The second-order valence-electron chi connectivity index (χ2n) is 6.83. The minimum atomic E-state index is -0.375. The number of carbonyl (C=O) groups is 1. The lowest BCUT2D eigenvalue weighted by Gasteiger charge is -2.18. The second-order valence-corrected chi connectivity index (χ2v) is 6.83. The van der Waals surface area contributed by atoms with Crippen molar-refractivity contribution in [3.05, 3.63) is 60.1 Å². The lowest BCUT2D eigenvalue weighted by atomic mass is 10.1. The molecule has 0 aliphatic carbocycles. The number of amides is 1. The Morgan fingerprint density at radius 3 is 2.73 bits per heavy atom. The van der Waals surface area contributed by atoms with Crippen LogP contribution < -0.4 is 15.4 Å². The number of aliphatic hydroxyl groups is 1. The summed E-state index contributed by atoms with van der Waals surface area (Å²) in [6, 6.07) is 14.9. The Balaban J connectivity index is 0.00000256. The number of aryl methyl sites for hydroxylation is 1. The van der Waals surface area contributed by atoms with Gasteiger partial charge < -0.3 is 25.0 Å². The van der Waals surface area contributed by atoms with Crippen molar-refractivity contribution in [2.75, 3.05) is 25.0 Å². The Labute approximate surface area is 181 Å². The number of halogens is 1. The molecule has 158 valence electrons. The number of ether oxygens (including phenoxy) is 1. The van der Waals surface area contributed by atoms with E-state index in [0.29, 0.717) is 31.1 Å². The normalized spacial score (nSPS) is 13.0. The number of carbonyl (C=O) groups excluding carboxylic acids is 1. The first-order valence-electron chi connectivity index (χ1n) is 9.80. The molecule has 0 bridgehead atoms. The molecular weight excluding hydrogens is 404 g/mol. The zero-order valence-corrected chi connectivity index (χ0v) is 17.5. The molecule has 0 saturated carbocycles. The van der Waals surface area contributed by atoms with Crippen LogP contribution >= 0.6 is 12.4 Å². The summed E-state index contributed by atoms with van der Waals surface area (Å²) >= 11 is 0. The molecule has 1 amide bonds. The zero-order chi connectivity index (χ0) is 20.2. The van der Waals surface area contributed by atoms with Crippen molar-refractivity contribution in [2.45, 2.75) is 19.9 Å². The Kier molecular flexibility index (Phi) is 6.97. The first kappa shape index (κ1) is 21.7. The van der Waals surface area contributed by atoms with E-state index in [1.54, 1.807) is 12.1 Å². The maximum Gasteiger partial charge on any atom is 0.262 e. The molecule has 1 aliphatic rings. The molecule has 8 heteroatoms. The topological polar surface area (TPSA) is 88.4 Å². The SMILES string of the molecule is CCNCCOc1ccc(NC(=O)C2=C(O)CCn3c2nc2ccccc23)cc1.Cl. The van der Waals surface area contributed by atoms with Crippen molar-refractivity contribution in [2.24, 2.45) is 0 Å². The van der Waals surface area contributed by atoms with E-state index >= 15 is 0 Å². The van der Waals surface area contributed by atoms with Gasteiger partial charge in [-0.3, -0.25) is 4.79 Å². The van der Waals surface area contributed by atoms with Gasteiger partial charge in [0.1, 0.15) is 29.5 Å². The summed E-state index contributed by atoms with van der Waals surface area (Å²) in [6.45, 7) is 4.91. The van der Waals surface area contributed by atoms with E-state index in [1.165, 1.54) is 0 Å². The predicted molar refractivity (Wildman–Crippen MR) is 120 cm³/mol. The van der Waals surface area contributed by atoms with Crippen molar-refractivity contribution >= 4 is 40.6 Å². The third kappa shape index (κ3) is 4.42. The van der Waals surface area contributed by atoms with Crippen LogP contribution in [0.2, 0.25) is 0 Å². The third-order valence-corrected chi connectivity index (χ3v) is 4.88. The van der Waals surface area contributed by atoms with Crippen molar-refractivity contribution in [1.29, 1.82) is 0 Å². The summed E-state index contributed by atoms with van der Waals surface area (Å²) in [6.07, 6.45) is 0.398. The van der Waals surface area contributed by atoms with Crippen LogP contribution in [0.15, 0.2) is 54.3 Å². The van der Waals surface area contributed by atoms with E-state index in [-0.39, 0.29) is 29.6 Å². The molecule has 2 aromatic carbocycles. The second kappa shape index (κ2) is 9.65. The fourth-order valence-corrected chi connectivity index (χ4v) is 3.44. The highest BCUT2D eigenvalue weighted by atomic mass is 35.5. The van der Waals surface area contributed by atoms with Crippen molar-refractivity contribution in [3.8, 4) is 5.75 Å². The number of para-hydroxylation sites is 2. The van der Waals surface area contributed by atoms with E-state index in [1.807, 2.05) is 47.9 Å². The maximum atomic E-state index is 12.9. The highest BCUT2D eigenvalue weighted by molar-refractivity contribution is 6.25. The number of anilines is 1. The maximum absolute atomic E-state index is 12.9. The summed E-state index contributed by atoms with van der Waals surface area (Å²) < 4.78 is 7.62. The Hall–Kier alpha value is -3.03. The van der Waals surface area contributed by atoms with Gasteiger partial charge in [0, 0.05) is 25.2 Å². The number of fused-ring (bicyclic) bond motifs is 3. The number of rotatable bonds is 7. The van der Waals surface area contributed by atoms with Crippen LogP contribution in [0.25, 0.3) is 16.6 Å². The highest BCUT2D eigenvalue weighted by Crippen LogP contribution is 2.30. The predicted octanol–water partition coefficient (Wildman–Crippen LogP) is 3.76. The quantitative estimate of drug-likeness (QED) is 0.499. The number of nitrogens with one attached hydrogen (secondary N) is 2. The third-order valence-electron chi connectivity index (χ3n) is 4.88. The van der Waals surface area contributed by atoms with Crippen molar-refractivity contribution in [1.82, 2.24) is 14.9 Å². The average Bonchev–Trinajstić information content (AvgIpc) is 3.10. The molecule has 7 nitrogen and oxygen atoms in total. The summed E-state index contributed by atoms with van der Waals surface area (Å²) in [5.41, 5.74) is 2.61. The zero-order valence-electron chi connectivity index (χ0n) is 16.7. The van der Waals surface area contributed by atoms with Crippen LogP contribution in [0.4, 0.5) is 5.69 Å². The van der Waals surface area contributed by atoms with Gasteiger partial charge in [-0.1, -0.05) is 19.1 Å². The summed E-state index contributed by atoms with van der Waals surface area (Å²) in [7, 11) is 0. The van der Waals surface area contributed by atoms with E-state index in [4.69, 9.17) is 4.74 Å². The summed E-state index contributed by atoms with van der Waals surface area (Å²) in [5.74, 6) is 0.923. The largest absolute Gasteiger partial charge is 0.511 e. The number of nitrogens with zero attached hydrogens (tertiary/aromatic N) is 2. The number of aliphatic hydroxyl groups excluding tert-OH is 1. The minimum Gasteiger partial charge on any atom is -0.511 e. The number of aromatic nitrogens is 2. The van der Waals surface area contributed by atoms with Crippen LogP contribution in [0.3, 0.4) is 0 Å². The van der Waals surface area contributed by atoms with Gasteiger partial charge in [-0.25, -0.2) is 4.98 Å². The standard InChI is InChI=1S/C22H24N4O3.ClH/c1-2-23-12-14-29-16-9-7-15(8-10-16)24-22(28)20-19(27)11-13-26-18-6-4-3-5-17(18)25-21(20)26;/h3-10,23,27H,2,11-14H2,1H3,(H,24,28);1H. The number of likely N-dealkylation sites (N-methyl/N-ethyl adjacent to an activating group) is 1. The molecule has 0 unspecified atom stereocenters. The molecule has 0 radical (unpaired) electrons. The van der Waals surface area contributed by atoms with Gasteiger partial charge in [0.2, 0.25) is 0 Å². The molecule has 4 rings (SSSR count). The Bertz CT molecular complexity index is 1060. The molecule has 2 heterocycles. The number of hydrogen-bond donors (Lipinski definition) is 3.